The van der Waals surface area contributed by atoms with Crippen LogP contribution in [0.5, 0.6) is 17.2 Å². The minimum absolute atomic E-state index is 0.0606. The summed E-state index contributed by atoms with van der Waals surface area (Å²) in [5, 5.41) is 9.69. The smallest absolute Gasteiger partial charge is 0.338 e. The summed E-state index contributed by atoms with van der Waals surface area (Å²) < 4.78 is 26.8. The number of nitrogens with zero attached hydrogens (tertiary/aromatic N) is 1. The van der Waals surface area contributed by atoms with Gasteiger partial charge in [-0.1, -0.05) is 0 Å². The molecule has 0 aliphatic carbocycles. The summed E-state index contributed by atoms with van der Waals surface area (Å²) in [5.74, 6) is -0.100. The van der Waals surface area contributed by atoms with E-state index in [1.807, 2.05) is 6.07 Å². The van der Waals surface area contributed by atoms with E-state index in [-0.39, 0.29) is 29.4 Å². The molecular weight excluding hydrogens is 352 g/mol. The Balaban J connectivity index is 2.83. The normalized spacial score (nSPS) is 16.4. The van der Waals surface area contributed by atoms with Gasteiger partial charge in [-0.05, 0) is 13.8 Å². The molecule has 0 saturated heterocycles. The predicted octanol–water partition coefficient (Wildman–Crippen LogP) is 2.36. The van der Waals surface area contributed by atoms with Gasteiger partial charge in [-0.15, -0.1) is 0 Å². The maximum Gasteiger partial charge on any atom is 0.338 e. The van der Waals surface area contributed by atoms with Gasteiger partial charge in [0.25, 0.3) is 0 Å². The van der Waals surface area contributed by atoms with Gasteiger partial charge in [0.1, 0.15) is 34.7 Å². The van der Waals surface area contributed by atoms with Crippen LogP contribution in [0.25, 0.3) is 0 Å². The second-order valence-electron chi connectivity index (χ2n) is 5.56. The first-order chi connectivity index (χ1) is 12.9. The van der Waals surface area contributed by atoms with E-state index >= 15 is 0 Å². The zero-order valence-corrected chi connectivity index (χ0v) is 15.9. The fraction of sp³-hybridized carbons (Fsp3) is 0.368. The second kappa shape index (κ2) is 8.36. The Morgan fingerprint density at radius 3 is 2.26 bits per heavy atom. The number of nitriles is 1. The molecule has 8 nitrogen and oxygen atoms in total. The number of carbonyl (C=O) groups excluding carboxylic acids is 1. The number of carbonyl (C=O) groups is 1. The lowest BCUT2D eigenvalue weighted by Crippen LogP contribution is -2.26. The first-order valence-corrected chi connectivity index (χ1v) is 8.18. The van der Waals surface area contributed by atoms with Crippen LogP contribution in [0.3, 0.4) is 0 Å². The fourth-order valence-electron chi connectivity index (χ4n) is 2.96. The molecule has 8 heteroatoms. The summed E-state index contributed by atoms with van der Waals surface area (Å²) in [6.45, 7) is 3.44. The van der Waals surface area contributed by atoms with Crippen LogP contribution in [0.2, 0.25) is 0 Å². The highest BCUT2D eigenvalue weighted by molar-refractivity contribution is 5.93. The van der Waals surface area contributed by atoms with Crippen LogP contribution in [0, 0.1) is 11.3 Å². The average Bonchev–Trinajstić information content (AvgIpc) is 2.66. The molecule has 0 fully saturated rings. The van der Waals surface area contributed by atoms with Gasteiger partial charge in [-0.3, -0.25) is 0 Å². The summed E-state index contributed by atoms with van der Waals surface area (Å²) in [4.78, 5) is 12.6. The van der Waals surface area contributed by atoms with Gasteiger partial charge in [-0.25, -0.2) is 4.79 Å². The first kappa shape index (κ1) is 20.0. The molecule has 2 N–H and O–H groups in total. The van der Waals surface area contributed by atoms with Gasteiger partial charge in [-0.2, -0.15) is 5.26 Å². The van der Waals surface area contributed by atoms with Crippen molar-refractivity contribution >= 4 is 5.97 Å². The Bertz CT molecular complexity index is 825. The molecule has 1 aromatic carbocycles. The molecule has 0 spiro atoms. The number of hydrogen-bond acceptors (Lipinski definition) is 8. The Labute approximate surface area is 157 Å². The third-order valence-electron chi connectivity index (χ3n) is 4.14. The summed E-state index contributed by atoms with van der Waals surface area (Å²) in [6, 6.07) is 5.30. The zero-order valence-electron chi connectivity index (χ0n) is 15.9. The van der Waals surface area contributed by atoms with Crippen molar-refractivity contribution in [1.82, 2.24) is 0 Å². The Hall–Kier alpha value is -3.34. The van der Waals surface area contributed by atoms with Crippen molar-refractivity contribution in [1.29, 1.82) is 5.26 Å². The Morgan fingerprint density at radius 2 is 1.81 bits per heavy atom. The van der Waals surface area contributed by atoms with Crippen molar-refractivity contribution in [3.8, 4) is 23.3 Å². The van der Waals surface area contributed by atoms with Gasteiger partial charge in [0.15, 0.2) is 0 Å². The van der Waals surface area contributed by atoms with Crippen molar-refractivity contribution in [2.24, 2.45) is 5.73 Å². The van der Waals surface area contributed by atoms with E-state index in [0.717, 1.165) is 0 Å². The first-order valence-electron chi connectivity index (χ1n) is 8.18. The van der Waals surface area contributed by atoms with Crippen LogP contribution in [0.1, 0.15) is 25.3 Å². The SMILES string of the molecule is CCOC(=O)C1=C(C)OC(N)=C(C#N)C1c1c(OC)cc(OC)cc1OC. The summed E-state index contributed by atoms with van der Waals surface area (Å²) in [6.07, 6.45) is 0. The van der Waals surface area contributed by atoms with E-state index in [9.17, 15) is 10.1 Å². The third kappa shape index (κ3) is 3.62. The Kier molecular flexibility index (Phi) is 6.19. The van der Waals surface area contributed by atoms with E-state index in [1.54, 1.807) is 26.0 Å². The highest BCUT2D eigenvalue weighted by atomic mass is 16.5. The number of rotatable bonds is 6. The van der Waals surface area contributed by atoms with Crippen LogP contribution in [-0.2, 0) is 14.3 Å². The number of ether oxygens (including phenoxy) is 5. The van der Waals surface area contributed by atoms with Crippen LogP contribution in [0.15, 0.2) is 34.9 Å². The van der Waals surface area contributed by atoms with Crippen molar-refractivity contribution in [2.75, 3.05) is 27.9 Å². The number of hydrogen-bond donors (Lipinski definition) is 1. The maximum absolute atomic E-state index is 12.6. The van der Waals surface area contributed by atoms with Gasteiger partial charge >= 0.3 is 5.97 Å². The zero-order chi connectivity index (χ0) is 20.1. The van der Waals surface area contributed by atoms with E-state index in [4.69, 9.17) is 29.4 Å². The molecule has 1 aliphatic rings. The Morgan fingerprint density at radius 1 is 1.22 bits per heavy atom. The second-order valence-corrected chi connectivity index (χ2v) is 5.56. The molecule has 1 aromatic rings. The van der Waals surface area contributed by atoms with Crippen LogP contribution in [-0.4, -0.2) is 33.9 Å². The molecule has 27 heavy (non-hydrogen) atoms. The predicted molar refractivity (Wildman–Crippen MR) is 96.1 cm³/mol. The number of esters is 1. The largest absolute Gasteiger partial charge is 0.496 e. The van der Waals surface area contributed by atoms with E-state index in [0.29, 0.717) is 22.8 Å². The van der Waals surface area contributed by atoms with E-state index < -0.39 is 11.9 Å². The molecule has 0 saturated carbocycles. The number of methoxy groups -OCH3 is 3. The molecule has 1 aliphatic heterocycles. The third-order valence-corrected chi connectivity index (χ3v) is 4.14. The van der Waals surface area contributed by atoms with Crippen molar-refractivity contribution in [3.05, 3.63) is 40.5 Å². The monoisotopic (exact) mass is 374 g/mol. The molecule has 0 amide bonds. The molecule has 1 unspecified atom stereocenters. The lowest BCUT2D eigenvalue weighted by Gasteiger charge is -2.29. The quantitative estimate of drug-likeness (QED) is 0.755. The molecule has 2 rings (SSSR count). The molecule has 1 heterocycles. The maximum atomic E-state index is 12.6. The number of benzene rings is 1. The van der Waals surface area contributed by atoms with E-state index in [2.05, 4.69) is 0 Å². The molecule has 0 aromatic heterocycles. The minimum atomic E-state index is -0.876. The molecule has 144 valence electrons. The highest BCUT2D eigenvalue weighted by Gasteiger charge is 2.39. The van der Waals surface area contributed by atoms with Crippen molar-refractivity contribution < 1.29 is 28.5 Å². The van der Waals surface area contributed by atoms with Crippen LogP contribution < -0.4 is 19.9 Å². The highest BCUT2D eigenvalue weighted by Crippen LogP contribution is 2.48. The topological polar surface area (TPSA) is 113 Å². The van der Waals surface area contributed by atoms with Gasteiger partial charge in [0.2, 0.25) is 5.88 Å². The average molecular weight is 374 g/mol. The minimum Gasteiger partial charge on any atom is -0.496 e. The van der Waals surface area contributed by atoms with Crippen LogP contribution in [0.4, 0.5) is 0 Å². The van der Waals surface area contributed by atoms with Gasteiger partial charge < -0.3 is 29.4 Å². The van der Waals surface area contributed by atoms with Crippen molar-refractivity contribution in [3.63, 3.8) is 0 Å². The number of allylic oxidation sites excluding steroid dienone is 2. The molecule has 0 radical (unpaired) electrons. The lowest BCUT2D eigenvalue weighted by atomic mass is 9.82. The summed E-state index contributed by atoms with van der Waals surface area (Å²) in [7, 11) is 4.45. The van der Waals surface area contributed by atoms with Crippen LogP contribution >= 0.6 is 0 Å². The van der Waals surface area contributed by atoms with Crippen molar-refractivity contribution in [2.45, 2.75) is 19.8 Å². The summed E-state index contributed by atoms with van der Waals surface area (Å²) in [5.41, 5.74) is 6.59. The fourth-order valence-corrected chi connectivity index (χ4v) is 2.96. The standard InChI is InChI=1S/C19H22N2O6/c1-6-26-19(22)15-10(2)27-18(21)12(9-20)16(15)17-13(24-4)7-11(23-3)8-14(17)25-5/h7-8,16H,6,21H2,1-5H3. The molecule has 1 atom stereocenters. The molecule has 0 bridgehead atoms. The van der Waals surface area contributed by atoms with E-state index in [1.165, 1.54) is 21.3 Å². The lowest BCUT2D eigenvalue weighted by molar-refractivity contribution is -0.139. The number of nitrogens with two attached hydrogens (primary N) is 1. The summed E-state index contributed by atoms with van der Waals surface area (Å²) >= 11 is 0. The molecular formula is C19H22N2O6. The van der Waals surface area contributed by atoms with Gasteiger partial charge in [0, 0.05) is 17.7 Å². The van der Waals surface area contributed by atoms with Gasteiger partial charge in [0.05, 0.1) is 39.4 Å².